The SMILES string of the molecule is CC(C)(N)CCNCCCCN.Cl.Cl.Cl. The van der Waals surface area contributed by atoms with E-state index in [4.69, 9.17) is 11.5 Å². The molecule has 98 valence electrons. The topological polar surface area (TPSA) is 64.1 Å². The van der Waals surface area contributed by atoms with Crippen LogP contribution in [0.25, 0.3) is 0 Å². The van der Waals surface area contributed by atoms with Crippen molar-refractivity contribution in [3.8, 4) is 0 Å². The number of rotatable bonds is 7. The molecule has 3 nitrogen and oxygen atoms in total. The van der Waals surface area contributed by atoms with Gasteiger partial charge in [0, 0.05) is 5.54 Å². The minimum absolute atomic E-state index is 0. The fraction of sp³-hybridized carbons (Fsp3) is 1.00. The summed E-state index contributed by atoms with van der Waals surface area (Å²) in [5.74, 6) is 0. The minimum atomic E-state index is -0.0408. The van der Waals surface area contributed by atoms with Crippen molar-refractivity contribution in [1.82, 2.24) is 5.32 Å². The summed E-state index contributed by atoms with van der Waals surface area (Å²) in [6, 6.07) is 0. The van der Waals surface area contributed by atoms with E-state index in [1.807, 2.05) is 0 Å². The number of hydrogen-bond acceptors (Lipinski definition) is 3. The molecular formula is C9H26Cl3N3. The van der Waals surface area contributed by atoms with Gasteiger partial charge in [0.2, 0.25) is 0 Å². The van der Waals surface area contributed by atoms with Crippen molar-refractivity contribution in [3.63, 3.8) is 0 Å². The highest BCUT2D eigenvalue weighted by Crippen LogP contribution is 2.00. The molecule has 0 rings (SSSR count). The average molecular weight is 283 g/mol. The fourth-order valence-corrected chi connectivity index (χ4v) is 0.930. The lowest BCUT2D eigenvalue weighted by molar-refractivity contribution is 0.453. The van der Waals surface area contributed by atoms with Gasteiger partial charge in [-0.3, -0.25) is 0 Å². The van der Waals surface area contributed by atoms with E-state index in [9.17, 15) is 0 Å². The molecule has 5 N–H and O–H groups in total. The number of nitrogens with two attached hydrogens (primary N) is 2. The van der Waals surface area contributed by atoms with Gasteiger partial charge in [-0.25, -0.2) is 0 Å². The van der Waals surface area contributed by atoms with Crippen molar-refractivity contribution in [3.05, 3.63) is 0 Å². The average Bonchev–Trinajstić information content (AvgIpc) is 1.94. The van der Waals surface area contributed by atoms with Crippen LogP contribution in [0.4, 0.5) is 0 Å². The van der Waals surface area contributed by atoms with Gasteiger partial charge < -0.3 is 16.8 Å². The molecule has 0 unspecified atom stereocenters. The zero-order chi connectivity index (χ0) is 9.45. The van der Waals surface area contributed by atoms with Gasteiger partial charge >= 0.3 is 0 Å². The largest absolute Gasteiger partial charge is 0.330 e. The van der Waals surface area contributed by atoms with Crippen molar-refractivity contribution in [1.29, 1.82) is 0 Å². The smallest absolute Gasteiger partial charge is 0.0109 e. The molecule has 0 radical (unpaired) electrons. The van der Waals surface area contributed by atoms with Crippen LogP contribution < -0.4 is 16.8 Å². The molecule has 0 saturated heterocycles. The normalized spacial score (nSPS) is 9.60. The maximum absolute atomic E-state index is 5.82. The van der Waals surface area contributed by atoms with Crippen molar-refractivity contribution >= 4 is 37.2 Å². The van der Waals surface area contributed by atoms with E-state index in [-0.39, 0.29) is 42.8 Å². The van der Waals surface area contributed by atoms with Crippen LogP contribution in [0.2, 0.25) is 0 Å². The third-order valence-corrected chi connectivity index (χ3v) is 1.75. The Labute approximate surface area is 112 Å². The van der Waals surface area contributed by atoms with Gasteiger partial charge in [0.05, 0.1) is 0 Å². The van der Waals surface area contributed by atoms with Gasteiger partial charge in [0.15, 0.2) is 0 Å². The summed E-state index contributed by atoms with van der Waals surface area (Å²) in [5, 5.41) is 3.34. The van der Waals surface area contributed by atoms with E-state index in [0.29, 0.717) is 0 Å². The molecule has 0 aliphatic rings. The first kappa shape index (κ1) is 24.8. The number of halogens is 3. The van der Waals surface area contributed by atoms with Crippen LogP contribution in [-0.4, -0.2) is 25.2 Å². The summed E-state index contributed by atoms with van der Waals surface area (Å²) in [4.78, 5) is 0. The predicted molar refractivity (Wildman–Crippen MR) is 75.8 cm³/mol. The summed E-state index contributed by atoms with van der Waals surface area (Å²) < 4.78 is 0. The molecule has 6 heteroatoms. The zero-order valence-corrected chi connectivity index (χ0v) is 12.1. The second kappa shape index (κ2) is 14.8. The molecule has 0 bridgehead atoms. The zero-order valence-electron chi connectivity index (χ0n) is 9.62. The highest BCUT2D eigenvalue weighted by Gasteiger charge is 2.08. The molecule has 0 aliphatic carbocycles. The fourth-order valence-electron chi connectivity index (χ4n) is 0.930. The summed E-state index contributed by atoms with van der Waals surface area (Å²) in [7, 11) is 0. The Bertz CT molecular complexity index is 107. The Morgan fingerprint density at radius 2 is 1.53 bits per heavy atom. The van der Waals surface area contributed by atoms with Crippen LogP contribution in [0.3, 0.4) is 0 Å². The van der Waals surface area contributed by atoms with Crippen LogP contribution in [-0.2, 0) is 0 Å². The van der Waals surface area contributed by atoms with Crippen molar-refractivity contribution < 1.29 is 0 Å². The lowest BCUT2D eigenvalue weighted by atomic mass is 10.0. The van der Waals surface area contributed by atoms with Gasteiger partial charge in [-0.2, -0.15) is 0 Å². The first-order valence-corrected chi connectivity index (χ1v) is 4.76. The monoisotopic (exact) mass is 281 g/mol. The highest BCUT2D eigenvalue weighted by molar-refractivity contribution is 5.86. The molecule has 0 fully saturated rings. The molecule has 0 aromatic carbocycles. The van der Waals surface area contributed by atoms with Gasteiger partial charge in [0.25, 0.3) is 0 Å². The Morgan fingerprint density at radius 1 is 1.00 bits per heavy atom. The molecule has 0 saturated carbocycles. The molecule has 15 heavy (non-hydrogen) atoms. The van der Waals surface area contributed by atoms with Gasteiger partial charge in [-0.1, -0.05) is 0 Å². The van der Waals surface area contributed by atoms with E-state index < -0.39 is 0 Å². The van der Waals surface area contributed by atoms with Crippen LogP contribution in [0, 0.1) is 0 Å². The van der Waals surface area contributed by atoms with Crippen LogP contribution in [0.1, 0.15) is 33.1 Å². The predicted octanol–water partition coefficient (Wildman–Crippen LogP) is 1.71. The Hall–Kier alpha value is 0.750. The molecule has 0 amide bonds. The van der Waals surface area contributed by atoms with Crippen molar-refractivity contribution in [2.45, 2.75) is 38.6 Å². The third-order valence-electron chi connectivity index (χ3n) is 1.75. The van der Waals surface area contributed by atoms with E-state index in [1.165, 1.54) is 6.42 Å². The van der Waals surface area contributed by atoms with Gasteiger partial charge in [-0.15, -0.1) is 37.2 Å². The summed E-state index contributed by atoms with van der Waals surface area (Å²) in [5.41, 5.74) is 11.1. The molecule has 0 spiro atoms. The number of unbranched alkanes of at least 4 members (excludes halogenated alkanes) is 1. The van der Waals surface area contributed by atoms with Crippen molar-refractivity contribution in [2.75, 3.05) is 19.6 Å². The second-order valence-corrected chi connectivity index (χ2v) is 3.98. The Morgan fingerprint density at radius 3 is 1.93 bits per heavy atom. The Balaban J connectivity index is -0.000000202. The van der Waals surface area contributed by atoms with Crippen LogP contribution in [0.15, 0.2) is 0 Å². The molecule has 0 aliphatic heterocycles. The third kappa shape index (κ3) is 25.2. The standard InChI is InChI=1S/C9H23N3.3ClH/c1-9(2,11)5-8-12-7-4-3-6-10;;;/h12H,3-8,10-11H2,1-2H3;3*1H. The highest BCUT2D eigenvalue weighted by atomic mass is 35.5. The second-order valence-electron chi connectivity index (χ2n) is 3.98. The van der Waals surface area contributed by atoms with Crippen LogP contribution >= 0.6 is 37.2 Å². The first-order valence-electron chi connectivity index (χ1n) is 4.76. The molecule has 0 aromatic heterocycles. The number of hydrogen-bond donors (Lipinski definition) is 3. The lowest BCUT2D eigenvalue weighted by Gasteiger charge is -2.18. The quantitative estimate of drug-likeness (QED) is 0.623. The maximum Gasteiger partial charge on any atom is 0.0109 e. The van der Waals surface area contributed by atoms with E-state index in [0.717, 1.165) is 32.5 Å². The summed E-state index contributed by atoms with van der Waals surface area (Å²) in [6.07, 6.45) is 3.30. The first-order chi connectivity index (χ1) is 5.56. The van der Waals surface area contributed by atoms with E-state index in [1.54, 1.807) is 0 Å². The van der Waals surface area contributed by atoms with Crippen LogP contribution in [0.5, 0.6) is 0 Å². The molecule has 0 atom stereocenters. The lowest BCUT2D eigenvalue weighted by Crippen LogP contribution is -2.35. The molecule has 0 heterocycles. The summed E-state index contributed by atoms with van der Waals surface area (Å²) in [6.45, 7) is 6.97. The minimum Gasteiger partial charge on any atom is -0.330 e. The van der Waals surface area contributed by atoms with Gasteiger partial charge in [-0.05, 0) is 52.7 Å². The van der Waals surface area contributed by atoms with Gasteiger partial charge in [0.1, 0.15) is 0 Å². The maximum atomic E-state index is 5.82. The van der Waals surface area contributed by atoms with Crippen molar-refractivity contribution in [2.24, 2.45) is 11.5 Å². The molecule has 0 aromatic rings. The van der Waals surface area contributed by atoms with E-state index >= 15 is 0 Å². The van der Waals surface area contributed by atoms with E-state index in [2.05, 4.69) is 19.2 Å². The molecular weight excluding hydrogens is 256 g/mol. The Kier molecular flexibility index (Phi) is 24.4. The number of nitrogens with one attached hydrogen (secondary N) is 1. The summed E-state index contributed by atoms with van der Waals surface area (Å²) >= 11 is 0.